The molecule has 0 saturated carbocycles. The average molecular weight is 425 g/mol. The van der Waals surface area contributed by atoms with E-state index in [1.165, 1.54) is 0 Å². The van der Waals surface area contributed by atoms with Crippen molar-refractivity contribution < 1.29 is 14.3 Å². The van der Waals surface area contributed by atoms with Crippen molar-refractivity contribution in [2.45, 2.75) is 13.5 Å². The normalized spacial score (nSPS) is 13.9. The first-order chi connectivity index (χ1) is 15.0. The van der Waals surface area contributed by atoms with Gasteiger partial charge in [-0.3, -0.25) is 14.5 Å². The first-order valence-electron chi connectivity index (χ1n) is 10.7. The van der Waals surface area contributed by atoms with Gasteiger partial charge in [-0.25, -0.2) is 0 Å². The van der Waals surface area contributed by atoms with Crippen molar-refractivity contribution in [1.82, 2.24) is 9.80 Å². The fourth-order valence-corrected chi connectivity index (χ4v) is 3.58. The molecule has 3 rings (SSSR count). The highest BCUT2D eigenvalue weighted by atomic mass is 16.5. The smallest absolute Gasteiger partial charge is 0.253 e. The van der Waals surface area contributed by atoms with E-state index in [-0.39, 0.29) is 18.4 Å². The molecule has 0 aromatic heterocycles. The standard InChI is InChI=1S/C24H32N4O3/c1-4-27(17-19-6-5-7-20(16-19)24(30)26(2)3)18-23(29)25-21-8-10-22(11-9-21)28-12-14-31-15-13-28/h5-11,16H,4,12-15,17-18H2,1-3H3,(H,25,29). The van der Waals surface area contributed by atoms with E-state index in [1.807, 2.05) is 55.5 Å². The summed E-state index contributed by atoms with van der Waals surface area (Å²) in [5, 5.41) is 2.98. The average Bonchev–Trinajstić information content (AvgIpc) is 2.79. The van der Waals surface area contributed by atoms with Gasteiger partial charge in [-0.1, -0.05) is 19.1 Å². The molecule has 7 heteroatoms. The van der Waals surface area contributed by atoms with Crippen LogP contribution in [0.25, 0.3) is 0 Å². The van der Waals surface area contributed by atoms with E-state index in [0.29, 0.717) is 12.1 Å². The summed E-state index contributed by atoms with van der Waals surface area (Å²) in [4.78, 5) is 30.7. The Labute approximate surface area is 184 Å². The van der Waals surface area contributed by atoms with Crippen LogP contribution in [0.5, 0.6) is 0 Å². The molecule has 0 radical (unpaired) electrons. The molecule has 7 nitrogen and oxygen atoms in total. The topological polar surface area (TPSA) is 65.1 Å². The number of ether oxygens (including phenoxy) is 1. The lowest BCUT2D eigenvalue weighted by Gasteiger charge is -2.29. The molecule has 0 atom stereocenters. The lowest BCUT2D eigenvalue weighted by molar-refractivity contribution is -0.117. The van der Waals surface area contributed by atoms with E-state index in [0.717, 1.165) is 49.8 Å². The molecule has 1 heterocycles. The molecule has 166 valence electrons. The summed E-state index contributed by atoms with van der Waals surface area (Å²) >= 11 is 0. The number of rotatable bonds is 8. The van der Waals surface area contributed by atoms with Crippen molar-refractivity contribution in [3.63, 3.8) is 0 Å². The monoisotopic (exact) mass is 424 g/mol. The zero-order chi connectivity index (χ0) is 22.2. The molecule has 2 aromatic rings. The third-order valence-corrected chi connectivity index (χ3v) is 5.33. The number of benzene rings is 2. The summed E-state index contributed by atoms with van der Waals surface area (Å²) in [6, 6.07) is 15.5. The molecule has 1 saturated heterocycles. The molecule has 1 fully saturated rings. The molecule has 1 aliphatic rings. The lowest BCUT2D eigenvalue weighted by atomic mass is 10.1. The van der Waals surface area contributed by atoms with E-state index < -0.39 is 0 Å². The number of nitrogens with one attached hydrogen (secondary N) is 1. The van der Waals surface area contributed by atoms with Crippen molar-refractivity contribution >= 4 is 23.2 Å². The number of carbonyl (C=O) groups is 2. The Morgan fingerprint density at radius 2 is 1.77 bits per heavy atom. The molecule has 0 unspecified atom stereocenters. The van der Waals surface area contributed by atoms with Crippen LogP contribution < -0.4 is 10.2 Å². The van der Waals surface area contributed by atoms with Gasteiger partial charge in [-0.2, -0.15) is 0 Å². The fraction of sp³-hybridized carbons (Fsp3) is 0.417. The molecule has 2 aromatic carbocycles. The van der Waals surface area contributed by atoms with Crippen molar-refractivity contribution in [2.75, 3.05) is 63.7 Å². The highest BCUT2D eigenvalue weighted by molar-refractivity contribution is 5.94. The molecule has 1 aliphatic heterocycles. The Balaban J connectivity index is 1.55. The van der Waals surface area contributed by atoms with Crippen LogP contribution in [0.1, 0.15) is 22.8 Å². The minimum atomic E-state index is -0.0542. The van der Waals surface area contributed by atoms with Gasteiger partial charge in [0.15, 0.2) is 0 Å². The predicted octanol–water partition coefficient (Wildman–Crippen LogP) is 2.69. The quantitative estimate of drug-likeness (QED) is 0.706. The molecule has 0 spiro atoms. The number of hydrogen-bond acceptors (Lipinski definition) is 5. The Kier molecular flexibility index (Phi) is 8.03. The molecule has 0 bridgehead atoms. The van der Waals surface area contributed by atoms with Crippen LogP contribution >= 0.6 is 0 Å². The second-order valence-corrected chi connectivity index (χ2v) is 7.90. The minimum absolute atomic E-state index is 0.0248. The summed E-state index contributed by atoms with van der Waals surface area (Å²) in [6.45, 7) is 6.92. The Bertz CT molecular complexity index is 877. The van der Waals surface area contributed by atoms with Gasteiger partial charge < -0.3 is 19.9 Å². The highest BCUT2D eigenvalue weighted by Gasteiger charge is 2.14. The molecule has 2 amide bonds. The molecular weight excluding hydrogens is 392 g/mol. The number of amides is 2. The van der Waals surface area contributed by atoms with Gasteiger partial charge in [0.2, 0.25) is 5.91 Å². The zero-order valence-electron chi connectivity index (χ0n) is 18.6. The Hall–Kier alpha value is -2.90. The predicted molar refractivity (Wildman–Crippen MR) is 124 cm³/mol. The van der Waals surface area contributed by atoms with Gasteiger partial charge in [-0.15, -0.1) is 0 Å². The zero-order valence-corrected chi connectivity index (χ0v) is 18.6. The van der Waals surface area contributed by atoms with Gasteiger partial charge >= 0.3 is 0 Å². The van der Waals surface area contributed by atoms with Gasteiger partial charge in [-0.05, 0) is 48.5 Å². The van der Waals surface area contributed by atoms with Gasteiger partial charge in [0.1, 0.15) is 0 Å². The summed E-state index contributed by atoms with van der Waals surface area (Å²) in [5.41, 5.74) is 3.60. The first-order valence-corrected chi connectivity index (χ1v) is 10.7. The van der Waals surface area contributed by atoms with Crippen LogP contribution in [0, 0.1) is 0 Å². The Morgan fingerprint density at radius 1 is 1.06 bits per heavy atom. The van der Waals surface area contributed by atoms with Crippen LogP contribution in [0.2, 0.25) is 0 Å². The summed E-state index contributed by atoms with van der Waals surface area (Å²) in [7, 11) is 3.48. The van der Waals surface area contributed by atoms with E-state index in [1.54, 1.807) is 19.0 Å². The van der Waals surface area contributed by atoms with E-state index >= 15 is 0 Å². The van der Waals surface area contributed by atoms with Gasteiger partial charge in [0.25, 0.3) is 5.91 Å². The minimum Gasteiger partial charge on any atom is -0.378 e. The molecule has 31 heavy (non-hydrogen) atoms. The van der Waals surface area contributed by atoms with E-state index in [2.05, 4.69) is 15.1 Å². The third-order valence-electron chi connectivity index (χ3n) is 5.33. The van der Waals surface area contributed by atoms with Gasteiger partial charge in [0.05, 0.1) is 19.8 Å². The number of anilines is 2. The van der Waals surface area contributed by atoms with Crippen LogP contribution in [0.4, 0.5) is 11.4 Å². The highest BCUT2D eigenvalue weighted by Crippen LogP contribution is 2.19. The maximum atomic E-state index is 12.6. The number of likely N-dealkylation sites (N-methyl/N-ethyl adjacent to an activating group) is 1. The second kappa shape index (κ2) is 10.9. The summed E-state index contributed by atoms with van der Waals surface area (Å²) in [5.74, 6) is -0.0790. The maximum Gasteiger partial charge on any atom is 0.253 e. The van der Waals surface area contributed by atoms with Crippen molar-refractivity contribution in [1.29, 1.82) is 0 Å². The number of nitrogens with zero attached hydrogens (tertiary/aromatic N) is 3. The van der Waals surface area contributed by atoms with Gasteiger partial charge in [0, 0.05) is 50.7 Å². The first kappa shape index (κ1) is 22.8. The Morgan fingerprint density at radius 3 is 2.42 bits per heavy atom. The van der Waals surface area contributed by atoms with Crippen molar-refractivity contribution in [3.05, 3.63) is 59.7 Å². The van der Waals surface area contributed by atoms with Crippen LogP contribution in [0.15, 0.2) is 48.5 Å². The van der Waals surface area contributed by atoms with E-state index in [4.69, 9.17) is 4.74 Å². The number of hydrogen-bond donors (Lipinski definition) is 1. The van der Waals surface area contributed by atoms with Crippen LogP contribution in [0.3, 0.4) is 0 Å². The number of morpholine rings is 1. The molecule has 1 N–H and O–H groups in total. The summed E-state index contributed by atoms with van der Waals surface area (Å²) in [6.07, 6.45) is 0. The van der Waals surface area contributed by atoms with Crippen molar-refractivity contribution in [3.8, 4) is 0 Å². The fourth-order valence-electron chi connectivity index (χ4n) is 3.58. The van der Waals surface area contributed by atoms with Crippen LogP contribution in [-0.2, 0) is 16.1 Å². The van der Waals surface area contributed by atoms with Crippen molar-refractivity contribution in [2.24, 2.45) is 0 Å². The third kappa shape index (κ3) is 6.54. The maximum absolute atomic E-state index is 12.6. The number of carbonyl (C=O) groups excluding carboxylic acids is 2. The lowest BCUT2D eigenvalue weighted by Crippen LogP contribution is -2.36. The molecular formula is C24H32N4O3. The second-order valence-electron chi connectivity index (χ2n) is 7.90. The molecule has 0 aliphatic carbocycles. The summed E-state index contributed by atoms with van der Waals surface area (Å²) < 4.78 is 5.39. The van der Waals surface area contributed by atoms with Crippen LogP contribution in [-0.4, -0.2) is 75.1 Å². The largest absolute Gasteiger partial charge is 0.378 e. The SMILES string of the molecule is CCN(CC(=O)Nc1ccc(N2CCOCC2)cc1)Cc1cccc(C(=O)N(C)C)c1. The van der Waals surface area contributed by atoms with E-state index in [9.17, 15) is 9.59 Å².